The molecule has 0 aliphatic heterocycles. The Morgan fingerprint density at radius 2 is 2.10 bits per heavy atom. The molecule has 0 spiro atoms. The minimum absolute atomic E-state index is 0.0154. The number of carbonyl (C=O) groups excluding carboxylic acids is 1. The third-order valence-corrected chi connectivity index (χ3v) is 3.69. The molecule has 0 bridgehead atoms. The number of hydrogen-bond donors (Lipinski definition) is 1. The molecule has 1 atom stereocenters. The van der Waals surface area contributed by atoms with Crippen molar-refractivity contribution in [1.29, 1.82) is 0 Å². The Bertz CT molecular complexity index is 465. The number of hydrogen-bond acceptors (Lipinski definition) is 3. The van der Waals surface area contributed by atoms with Gasteiger partial charge in [0.05, 0.1) is 0 Å². The number of rotatable bonds is 8. The predicted octanol–water partition coefficient (Wildman–Crippen LogP) is 4.07. The number of pyridine rings is 1. The van der Waals surface area contributed by atoms with Crippen molar-refractivity contribution in [3.8, 4) is 0 Å². The van der Waals surface area contributed by atoms with Gasteiger partial charge in [0.25, 0.3) is 5.91 Å². The van der Waals surface area contributed by atoms with Crippen LogP contribution in [0.25, 0.3) is 0 Å². The molecule has 1 aromatic rings. The lowest BCUT2D eigenvalue weighted by Crippen LogP contribution is -2.34. The Labute approximate surface area is 132 Å². The van der Waals surface area contributed by atoms with E-state index in [-0.39, 0.29) is 5.91 Å². The third kappa shape index (κ3) is 5.54. The molecular weight excluding hydrogens is 286 g/mol. The highest BCUT2D eigenvalue weighted by Crippen LogP contribution is 2.17. The zero-order valence-corrected chi connectivity index (χ0v) is 14.2. The van der Waals surface area contributed by atoms with Gasteiger partial charge in [-0.05, 0) is 31.4 Å². The molecule has 5 heteroatoms. The molecule has 0 saturated carbocycles. The van der Waals surface area contributed by atoms with Crippen molar-refractivity contribution in [2.75, 3.05) is 25.0 Å². The maximum atomic E-state index is 12.6. The monoisotopic (exact) mass is 311 g/mol. The third-order valence-electron chi connectivity index (χ3n) is 3.50. The molecule has 0 aliphatic rings. The Kier molecular flexibility index (Phi) is 7.51. The molecule has 21 heavy (non-hydrogen) atoms. The summed E-state index contributed by atoms with van der Waals surface area (Å²) in [6.45, 7) is 10.6. The second kappa shape index (κ2) is 8.88. The number of halogens is 1. The van der Waals surface area contributed by atoms with Crippen molar-refractivity contribution in [3.63, 3.8) is 0 Å². The molecule has 1 amide bonds. The number of nitrogens with zero attached hydrogens (tertiary/aromatic N) is 2. The van der Waals surface area contributed by atoms with Crippen molar-refractivity contribution in [3.05, 3.63) is 22.8 Å². The minimum atomic E-state index is 0.0154. The van der Waals surface area contributed by atoms with Gasteiger partial charge in [0.1, 0.15) is 11.0 Å². The van der Waals surface area contributed by atoms with Crippen molar-refractivity contribution in [2.45, 2.75) is 40.5 Å². The Morgan fingerprint density at radius 1 is 1.38 bits per heavy atom. The maximum Gasteiger partial charge on any atom is 0.254 e. The average molecular weight is 312 g/mol. The Hall–Kier alpha value is -1.29. The van der Waals surface area contributed by atoms with Crippen molar-refractivity contribution < 1.29 is 4.79 Å². The van der Waals surface area contributed by atoms with E-state index in [0.717, 1.165) is 25.9 Å². The van der Waals surface area contributed by atoms with Crippen LogP contribution < -0.4 is 5.32 Å². The molecule has 0 aliphatic carbocycles. The van der Waals surface area contributed by atoms with Gasteiger partial charge < -0.3 is 10.2 Å². The SMILES string of the molecule is CCCNc1cc(C(=O)N(CC)CC(C)CC)cc(Cl)n1. The van der Waals surface area contributed by atoms with Gasteiger partial charge in [0.15, 0.2) is 0 Å². The topological polar surface area (TPSA) is 45.2 Å². The van der Waals surface area contributed by atoms with Crippen molar-refractivity contribution in [2.24, 2.45) is 5.92 Å². The molecule has 0 saturated heterocycles. The van der Waals surface area contributed by atoms with E-state index in [0.29, 0.717) is 29.0 Å². The lowest BCUT2D eigenvalue weighted by atomic mass is 10.1. The molecule has 0 fully saturated rings. The van der Waals surface area contributed by atoms with Crippen LogP contribution in [-0.2, 0) is 0 Å². The van der Waals surface area contributed by atoms with Gasteiger partial charge in [-0.25, -0.2) is 4.98 Å². The largest absolute Gasteiger partial charge is 0.370 e. The molecule has 118 valence electrons. The van der Waals surface area contributed by atoms with E-state index in [9.17, 15) is 4.79 Å². The smallest absolute Gasteiger partial charge is 0.254 e. The summed E-state index contributed by atoms with van der Waals surface area (Å²) in [4.78, 5) is 18.7. The van der Waals surface area contributed by atoms with Crippen molar-refractivity contribution >= 4 is 23.3 Å². The summed E-state index contributed by atoms with van der Waals surface area (Å²) in [6, 6.07) is 3.42. The lowest BCUT2D eigenvalue weighted by molar-refractivity contribution is 0.0741. The summed E-state index contributed by atoms with van der Waals surface area (Å²) in [6.07, 6.45) is 2.05. The Balaban J connectivity index is 2.91. The van der Waals surface area contributed by atoms with E-state index in [4.69, 9.17) is 11.6 Å². The predicted molar refractivity (Wildman–Crippen MR) is 89.1 cm³/mol. The first-order valence-corrected chi connectivity index (χ1v) is 8.10. The van der Waals surface area contributed by atoms with Gasteiger partial charge in [-0.15, -0.1) is 0 Å². The summed E-state index contributed by atoms with van der Waals surface area (Å²) in [5.41, 5.74) is 0.596. The summed E-state index contributed by atoms with van der Waals surface area (Å²) >= 11 is 6.03. The minimum Gasteiger partial charge on any atom is -0.370 e. The van der Waals surface area contributed by atoms with E-state index in [1.165, 1.54) is 0 Å². The van der Waals surface area contributed by atoms with E-state index >= 15 is 0 Å². The zero-order valence-electron chi connectivity index (χ0n) is 13.4. The highest BCUT2D eigenvalue weighted by atomic mass is 35.5. The summed E-state index contributed by atoms with van der Waals surface area (Å²) in [7, 11) is 0. The molecule has 1 rings (SSSR count). The molecule has 0 radical (unpaired) electrons. The summed E-state index contributed by atoms with van der Waals surface area (Å²) in [5.74, 6) is 1.16. The van der Waals surface area contributed by atoms with E-state index in [2.05, 4.69) is 31.1 Å². The molecule has 1 unspecified atom stereocenters. The van der Waals surface area contributed by atoms with Gasteiger partial charge in [0, 0.05) is 25.2 Å². The van der Waals surface area contributed by atoms with E-state index < -0.39 is 0 Å². The highest BCUT2D eigenvalue weighted by molar-refractivity contribution is 6.29. The standard InChI is InChI=1S/C16H26ClN3O/c1-5-8-18-15-10-13(9-14(17)19-15)16(21)20(7-3)11-12(4)6-2/h9-10,12H,5-8,11H2,1-4H3,(H,18,19). The number of anilines is 1. The van der Waals surface area contributed by atoms with Gasteiger partial charge in [-0.3, -0.25) is 4.79 Å². The first-order chi connectivity index (χ1) is 10.0. The van der Waals surface area contributed by atoms with Crippen LogP contribution in [0.15, 0.2) is 12.1 Å². The summed E-state index contributed by atoms with van der Waals surface area (Å²) < 4.78 is 0. The second-order valence-electron chi connectivity index (χ2n) is 5.35. The van der Waals surface area contributed by atoms with Crippen LogP contribution in [-0.4, -0.2) is 35.4 Å². The number of carbonyl (C=O) groups is 1. The van der Waals surface area contributed by atoms with Crippen LogP contribution in [0, 0.1) is 5.92 Å². The first-order valence-electron chi connectivity index (χ1n) is 7.72. The number of nitrogens with one attached hydrogen (secondary N) is 1. The molecule has 1 aromatic heterocycles. The Morgan fingerprint density at radius 3 is 2.67 bits per heavy atom. The first kappa shape index (κ1) is 17.8. The maximum absolute atomic E-state index is 12.6. The molecule has 4 nitrogen and oxygen atoms in total. The molecule has 0 aromatic carbocycles. The van der Waals surface area contributed by atoms with Crippen LogP contribution in [0.2, 0.25) is 5.15 Å². The van der Waals surface area contributed by atoms with Gasteiger partial charge in [-0.2, -0.15) is 0 Å². The van der Waals surface area contributed by atoms with Crippen molar-refractivity contribution in [1.82, 2.24) is 9.88 Å². The van der Waals surface area contributed by atoms with E-state index in [1.54, 1.807) is 12.1 Å². The lowest BCUT2D eigenvalue weighted by Gasteiger charge is -2.24. The van der Waals surface area contributed by atoms with Crippen LogP contribution in [0.5, 0.6) is 0 Å². The van der Waals surface area contributed by atoms with Crippen LogP contribution in [0.3, 0.4) is 0 Å². The van der Waals surface area contributed by atoms with Crippen LogP contribution >= 0.6 is 11.6 Å². The van der Waals surface area contributed by atoms with Gasteiger partial charge >= 0.3 is 0 Å². The molecular formula is C16H26ClN3O. The molecule has 1 heterocycles. The van der Waals surface area contributed by atoms with Crippen LogP contribution in [0.4, 0.5) is 5.82 Å². The fraction of sp³-hybridized carbons (Fsp3) is 0.625. The quantitative estimate of drug-likeness (QED) is 0.736. The number of aromatic nitrogens is 1. The van der Waals surface area contributed by atoms with Gasteiger partial charge in [0.2, 0.25) is 0 Å². The fourth-order valence-electron chi connectivity index (χ4n) is 2.01. The molecule has 1 N–H and O–H groups in total. The normalized spacial score (nSPS) is 12.0. The average Bonchev–Trinajstić information content (AvgIpc) is 2.49. The summed E-state index contributed by atoms with van der Waals surface area (Å²) in [5, 5.41) is 3.52. The second-order valence-corrected chi connectivity index (χ2v) is 5.74. The number of amides is 1. The van der Waals surface area contributed by atoms with Gasteiger partial charge in [-0.1, -0.05) is 38.8 Å². The highest BCUT2D eigenvalue weighted by Gasteiger charge is 2.17. The zero-order chi connectivity index (χ0) is 15.8. The fourth-order valence-corrected chi connectivity index (χ4v) is 2.22. The van der Waals surface area contributed by atoms with E-state index in [1.807, 2.05) is 11.8 Å². The van der Waals surface area contributed by atoms with Crippen LogP contribution in [0.1, 0.15) is 50.9 Å².